The molecular weight excluding hydrogens is 353 g/mol. The van der Waals surface area contributed by atoms with Crippen molar-refractivity contribution in [2.75, 3.05) is 0 Å². The van der Waals surface area contributed by atoms with Crippen LogP contribution in [-0.4, -0.2) is 20.7 Å². The molecule has 3 nitrogen and oxygen atoms in total. The Morgan fingerprint density at radius 2 is 1.77 bits per heavy atom. The molecule has 0 N–H and O–H groups in total. The highest BCUT2D eigenvalue weighted by Gasteiger charge is 2.37. The lowest BCUT2D eigenvalue weighted by molar-refractivity contribution is -0.146. The predicted molar refractivity (Wildman–Crippen MR) is 85.6 cm³/mol. The molecule has 4 rings (SSSR count). The molecule has 3 aromatic rings. The Morgan fingerprint density at radius 3 is 2.42 bits per heavy atom. The molecule has 2 aromatic heterocycles. The first kappa shape index (κ1) is 16.9. The summed E-state index contributed by atoms with van der Waals surface area (Å²) in [5.41, 5.74) is 1.10. The van der Waals surface area contributed by atoms with Crippen LogP contribution in [0.1, 0.15) is 37.3 Å². The van der Waals surface area contributed by atoms with Gasteiger partial charge in [-0.3, -0.25) is 4.98 Å². The second-order valence-corrected chi connectivity index (χ2v) is 6.56. The molecule has 1 aliphatic rings. The molecule has 8 heteroatoms. The maximum absolute atomic E-state index is 13.7. The number of rotatable bonds is 3. The van der Waals surface area contributed by atoms with Crippen LogP contribution in [0.5, 0.6) is 0 Å². The van der Waals surface area contributed by atoms with Crippen LogP contribution in [-0.2, 0) is 0 Å². The summed E-state index contributed by atoms with van der Waals surface area (Å²) in [4.78, 5) is 8.26. The van der Waals surface area contributed by atoms with E-state index in [0.29, 0.717) is 16.9 Å². The van der Waals surface area contributed by atoms with E-state index in [9.17, 15) is 22.0 Å². The average molecular weight is 367 g/mol. The third-order valence-corrected chi connectivity index (χ3v) is 4.65. The minimum Gasteiger partial charge on any atom is -0.321 e. The highest BCUT2D eigenvalue weighted by Crippen LogP contribution is 2.42. The van der Waals surface area contributed by atoms with E-state index in [-0.39, 0.29) is 17.1 Å². The number of aromatic nitrogens is 3. The maximum Gasteiger partial charge on any atom is 0.395 e. The molecule has 1 aromatic carbocycles. The van der Waals surface area contributed by atoms with Gasteiger partial charge in [-0.2, -0.15) is 13.2 Å². The molecule has 0 bridgehead atoms. The van der Waals surface area contributed by atoms with Crippen LogP contribution in [0, 0.1) is 11.6 Å². The van der Waals surface area contributed by atoms with Gasteiger partial charge in [0.25, 0.3) is 0 Å². The van der Waals surface area contributed by atoms with Crippen LogP contribution in [0.3, 0.4) is 0 Å². The molecule has 1 aliphatic carbocycles. The van der Waals surface area contributed by atoms with Crippen molar-refractivity contribution in [2.24, 2.45) is 0 Å². The zero-order valence-electron chi connectivity index (χ0n) is 13.7. The fraction of sp³-hybridized carbons (Fsp3) is 0.333. The predicted octanol–water partition coefficient (Wildman–Crippen LogP) is 5.38. The zero-order valence-corrected chi connectivity index (χ0v) is 13.7. The molecule has 0 saturated heterocycles. The Labute approximate surface area is 145 Å². The standard InChI is InChI=1S/C18H14F5N3/c1-9(18(21,22)23)10-4-11(8-24-7-10)17-25-15-5-13(19)14(20)6-16(15)26(17)12-2-3-12/h4-9,12H,2-3H2,1H3. The number of fused-ring (bicyclic) bond motifs is 1. The first-order chi connectivity index (χ1) is 12.3. The molecule has 136 valence electrons. The second kappa shape index (κ2) is 5.75. The summed E-state index contributed by atoms with van der Waals surface area (Å²) in [5.74, 6) is -3.30. The van der Waals surface area contributed by atoms with E-state index in [1.165, 1.54) is 18.5 Å². The summed E-state index contributed by atoms with van der Waals surface area (Å²) < 4.78 is 68.0. The molecule has 0 amide bonds. The van der Waals surface area contributed by atoms with Crippen LogP contribution < -0.4 is 0 Å². The topological polar surface area (TPSA) is 30.7 Å². The zero-order chi connectivity index (χ0) is 18.6. The largest absolute Gasteiger partial charge is 0.395 e. The number of hydrogen-bond acceptors (Lipinski definition) is 2. The van der Waals surface area contributed by atoms with E-state index < -0.39 is 23.7 Å². The maximum atomic E-state index is 13.7. The van der Waals surface area contributed by atoms with Gasteiger partial charge in [0.15, 0.2) is 11.6 Å². The van der Waals surface area contributed by atoms with Gasteiger partial charge in [-0.1, -0.05) is 0 Å². The van der Waals surface area contributed by atoms with Gasteiger partial charge < -0.3 is 4.57 Å². The molecule has 1 unspecified atom stereocenters. The van der Waals surface area contributed by atoms with Gasteiger partial charge >= 0.3 is 6.18 Å². The average Bonchev–Trinajstić information content (AvgIpc) is 3.36. The summed E-state index contributed by atoms with van der Waals surface area (Å²) >= 11 is 0. The lowest BCUT2D eigenvalue weighted by atomic mass is 10.0. The number of pyridine rings is 1. The first-order valence-corrected chi connectivity index (χ1v) is 8.14. The molecule has 0 radical (unpaired) electrons. The van der Waals surface area contributed by atoms with Crippen LogP contribution in [0.15, 0.2) is 30.6 Å². The lowest BCUT2D eigenvalue weighted by Gasteiger charge is -2.16. The Hall–Kier alpha value is -2.51. The summed E-state index contributed by atoms with van der Waals surface area (Å²) in [6.45, 7) is 1.06. The van der Waals surface area contributed by atoms with Crippen molar-refractivity contribution >= 4 is 11.0 Å². The molecule has 2 heterocycles. The smallest absolute Gasteiger partial charge is 0.321 e. The lowest BCUT2D eigenvalue weighted by Crippen LogP contribution is -2.17. The fourth-order valence-corrected chi connectivity index (χ4v) is 3.00. The third kappa shape index (κ3) is 2.83. The Bertz CT molecular complexity index is 988. The fourth-order valence-electron chi connectivity index (χ4n) is 3.00. The van der Waals surface area contributed by atoms with Crippen molar-refractivity contribution in [3.8, 4) is 11.4 Å². The van der Waals surface area contributed by atoms with E-state index in [1.54, 1.807) is 4.57 Å². The van der Waals surface area contributed by atoms with E-state index in [4.69, 9.17) is 0 Å². The van der Waals surface area contributed by atoms with E-state index in [0.717, 1.165) is 31.9 Å². The second-order valence-electron chi connectivity index (χ2n) is 6.56. The molecule has 1 atom stereocenters. The van der Waals surface area contributed by atoms with E-state index >= 15 is 0 Å². The summed E-state index contributed by atoms with van der Waals surface area (Å²) in [6, 6.07) is 3.54. The van der Waals surface area contributed by atoms with Crippen molar-refractivity contribution in [3.63, 3.8) is 0 Å². The van der Waals surface area contributed by atoms with Gasteiger partial charge in [0.05, 0.1) is 17.0 Å². The van der Waals surface area contributed by atoms with Gasteiger partial charge in [-0.25, -0.2) is 13.8 Å². The van der Waals surface area contributed by atoms with Crippen LogP contribution in [0.4, 0.5) is 22.0 Å². The highest BCUT2D eigenvalue weighted by atomic mass is 19.4. The third-order valence-electron chi connectivity index (χ3n) is 4.65. The number of benzene rings is 1. The van der Waals surface area contributed by atoms with E-state index in [1.807, 2.05) is 0 Å². The summed E-state index contributed by atoms with van der Waals surface area (Å²) in [5, 5.41) is 0. The van der Waals surface area contributed by atoms with Gasteiger partial charge in [-0.05, 0) is 31.4 Å². The number of nitrogens with zero attached hydrogens (tertiary/aromatic N) is 3. The number of halogens is 5. The summed E-state index contributed by atoms with van der Waals surface area (Å²) in [7, 11) is 0. The van der Waals surface area contributed by atoms with Gasteiger partial charge in [0.1, 0.15) is 5.82 Å². The van der Waals surface area contributed by atoms with E-state index in [2.05, 4.69) is 9.97 Å². The number of hydrogen-bond donors (Lipinski definition) is 0. The van der Waals surface area contributed by atoms with Gasteiger partial charge in [-0.15, -0.1) is 0 Å². The summed E-state index contributed by atoms with van der Waals surface area (Å²) in [6.07, 6.45) is -0.0965. The quantitative estimate of drug-likeness (QED) is 0.582. The molecular formula is C18H14F5N3. The molecule has 1 saturated carbocycles. The SMILES string of the molecule is CC(c1cncc(-c2nc3cc(F)c(F)cc3n2C2CC2)c1)C(F)(F)F. The Balaban J connectivity index is 1.88. The van der Waals surface area contributed by atoms with Crippen molar-refractivity contribution in [1.29, 1.82) is 0 Å². The number of imidazole rings is 1. The van der Waals surface area contributed by atoms with Crippen LogP contribution >= 0.6 is 0 Å². The van der Waals surface area contributed by atoms with Gasteiger partial charge in [0.2, 0.25) is 0 Å². The Kier molecular flexibility index (Phi) is 3.75. The van der Waals surface area contributed by atoms with Crippen molar-refractivity contribution in [1.82, 2.24) is 14.5 Å². The molecule has 1 fully saturated rings. The normalized spacial score (nSPS) is 16.2. The molecule has 0 aliphatic heterocycles. The Morgan fingerprint density at radius 1 is 1.08 bits per heavy atom. The van der Waals surface area contributed by atoms with Crippen LogP contribution in [0.2, 0.25) is 0 Å². The van der Waals surface area contributed by atoms with Crippen molar-refractivity contribution in [2.45, 2.75) is 37.9 Å². The van der Waals surface area contributed by atoms with Crippen molar-refractivity contribution in [3.05, 3.63) is 47.8 Å². The first-order valence-electron chi connectivity index (χ1n) is 8.14. The molecule has 26 heavy (non-hydrogen) atoms. The number of alkyl halides is 3. The molecule has 0 spiro atoms. The minimum atomic E-state index is -4.39. The highest BCUT2D eigenvalue weighted by molar-refractivity contribution is 5.81. The minimum absolute atomic E-state index is 0.0155. The van der Waals surface area contributed by atoms with Crippen LogP contribution in [0.25, 0.3) is 22.4 Å². The van der Waals surface area contributed by atoms with Crippen molar-refractivity contribution < 1.29 is 22.0 Å². The monoisotopic (exact) mass is 367 g/mol. The van der Waals surface area contributed by atoms with Gasteiger partial charge in [0, 0.05) is 36.1 Å².